The van der Waals surface area contributed by atoms with Crippen molar-refractivity contribution in [1.29, 1.82) is 0 Å². The van der Waals surface area contributed by atoms with Crippen LogP contribution in [0.25, 0.3) is 0 Å². The SMILES string of the molecule is NCCc1ccc(O)c(O)c1.O=[PH](O)O. The first-order valence-corrected chi connectivity index (χ1v) is 5.40. The molecule has 0 amide bonds. The second-order valence-corrected chi connectivity index (χ2v) is 3.21. The Morgan fingerprint density at radius 1 is 1.20 bits per heavy atom. The predicted molar refractivity (Wildman–Crippen MR) is 56.0 cm³/mol. The van der Waals surface area contributed by atoms with Gasteiger partial charge in [-0.25, -0.2) is 0 Å². The fraction of sp³-hybridized carbons (Fsp3) is 0.250. The standard InChI is InChI=1S/C8H11NO2.H3O3P/c9-4-3-6-1-2-7(10)8(11)5-6;1-4(2)3/h1-2,5,10-11H,3-4,9H2;4H,(H2,1,2,3). The quantitative estimate of drug-likeness (QED) is 0.362. The molecule has 0 aliphatic rings. The van der Waals surface area contributed by atoms with Gasteiger partial charge in [0.1, 0.15) is 0 Å². The highest BCUT2D eigenvalue weighted by Gasteiger charge is 1.98. The normalized spacial score (nSPS) is 9.60. The molecule has 6 nitrogen and oxygen atoms in total. The molecule has 0 fully saturated rings. The molecular weight excluding hydrogens is 221 g/mol. The zero-order chi connectivity index (χ0) is 11.8. The van der Waals surface area contributed by atoms with Crippen molar-refractivity contribution in [2.75, 3.05) is 6.54 Å². The van der Waals surface area contributed by atoms with Crippen LogP contribution in [0.5, 0.6) is 11.5 Å². The Kier molecular flexibility index (Phi) is 6.73. The Hall–Kier alpha value is -1.07. The minimum Gasteiger partial charge on any atom is -0.504 e. The summed E-state index contributed by atoms with van der Waals surface area (Å²) in [5.74, 6) is -0.179. The fourth-order valence-corrected chi connectivity index (χ4v) is 0.891. The molecule has 0 aliphatic heterocycles. The van der Waals surface area contributed by atoms with Crippen LogP contribution in [0.4, 0.5) is 0 Å². The van der Waals surface area contributed by atoms with Crippen LogP contribution in [0, 0.1) is 0 Å². The van der Waals surface area contributed by atoms with Crippen molar-refractivity contribution in [3.63, 3.8) is 0 Å². The highest BCUT2D eigenvalue weighted by molar-refractivity contribution is 7.30. The third kappa shape index (κ3) is 6.93. The van der Waals surface area contributed by atoms with Crippen LogP contribution in [-0.4, -0.2) is 26.5 Å². The van der Waals surface area contributed by atoms with E-state index in [1.54, 1.807) is 6.07 Å². The van der Waals surface area contributed by atoms with E-state index in [2.05, 4.69) is 0 Å². The Morgan fingerprint density at radius 2 is 1.73 bits per heavy atom. The molecule has 0 saturated carbocycles. The van der Waals surface area contributed by atoms with Crippen molar-refractivity contribution in [3.05, 3.63) is 23.8 Å². The number of rotatable bonds is 2. The Labute approximate surface area is 87.6 Å². The Morgan fingerprint density at radius 3 is 2.13 bits per heavy atom. The van der Waals surface area contributed by atoms with E-state index in [-0.39, 0.29) is 11.5 Å². The minimum atomic E-state index is -3.13. The van der Waals surface area contributed by atoms with Gasteiger partial charge < -0.3 is 25.7 Å². The first-order chi connectivity index (χ1) is 6.97. The van der Waals surface area contributed by atoms with Crippen LogP contribution in [0.2, 0.25) is 0 Å². The molecule has 0 radical (unpaired) electrons. The summed E-state index contributed by atoms with van der Waals surface area (Å²) >= 11 is 0. The van der Waals surface area contributed by atoms with Crippen LogP contribution < -0.4 is 5.73 Å². The first-order valence-electron chi connectivity index (χ1n) is 4.10. The monoisotopic (exact) mass is 235 g/mol. The number of benzene rings is 1. The number of nitrogens with two attached hydrogens (primary N) is 1. The summed E-state index contributed by atoms with van der Waals surface area (Å²) in [6, 6.07) is 4.71. The smallest absolute Gasteiger partial charge is 0.314 e. The molecule has 1 aromatic rings. The van der Waals surface area contributed by atoms with Crippen LogP contribution in [0.15, 0.2) is 18.2 Å². The molecule has 6 N–H and O–H groups in total. The number of hydrogen-bond donors (Lipinski definition) is 5. The predicted octanol–water partition coefficient (Wildman–Crippen LogP) is -0.0403. The van der Waals surface area contributed by atoms with Crippen molar-refractivity contribution in [3.8, 4) is 11.5 Å². The maximum absolute atomic E-state index is 9.04. The second-order valence-electron chi connectivity index (χ2n) is 2.64. The average Bonchev–Trinajstić information content (AvgIpc) is 2.11. The Balaban J connectivity index is 0.000000423. The van der Waals surface area contributed by atoms with Gasteiger partial charge >= 0.3 is 8.25 Å². The van der Waals surface area contributed by atoms with E-state index in [0.717, 1.165) is 5.56 Å². The summed E-state index contributed by atoms with van der Waals surface area (Å²) in [7, 11) is -3.13. The number of phenolic OH excluding ortho intramolecular Hbond substituents is 2. The van der Waals surface area contributed by atoms with Gasteiger partial charge in [-0.15, -0.1) is 0 Å². The molecule has 1 rings (SSSR count). The summed E-state index contributed by atoms with van der Waals surface area (Å²) in [6.45, 7) is 0.546. The van der Waals surface area contributed by atoms with E-state index < -0.39 is 8.25 Å². The fourth-order valence-electron chi connectivity index (χ4n) is 0.891. The Bertz CT molecular complexity index is 327. The highest BCUT2D eigenvalue weighted by atomic mass is 31.1. The lowest BCUT2D eigenvalue weighted by Crippen LogP contribution is -2.02. The lowest BCUT2D eigenvalue weighted by molar-refractivity contribution is 0.403. The lowest BCUT2D eigenvalue weighted by atomic mass is 10.1. The molecule has 0 heterocycles. The minimum absolute atomic E-state index is 0.0871. The van der Waals surface area contributed by atoms with Crippen molar-refractivity contribution >= 4 is 8.25 Å². The van der Waals surface area contributed by atoms with Gasteiger partial charge in [0.15, 0.2) is 11.5 Å². The van der Waals surface area contributed by atoms with E-state index in [9.17, 15) is 0 Å². The van der Waals surface area contributed by atoms with Gasteiger partial charge in [0.2, 0.25) is 0 Å². The first kappa shape index (κ1) is 13.9. The van der Waals surface area contributed by atoms with Gasteiger partial charge in [-0.3, -0.25) is 4.57 Å². The van der Waals surface area contributed by atoms with E-state index in [1.807, 2.05) is 0 Å². The van der Waals surface area contributed by atoms with Gasteiger partial charge in [0.25, 0.3) is 0 Å². The molecule has 0 bridgehead atoms. The topological polar surface area (TPSA) is 124 Å². The summed E-state index contributed by atoms with van der Waals surface area (Å²) < 4.78 is 8.74. The average molecular weight is 235 g/mol. The molecule has 1 aromatic carbocycles. The molecule has 0 saturated heterocycles. The molecule has 15 heavy (non-hydrogen) atoms. The van der Waals surface area contributed by atoms with Crippen LogP contribution >= 0.6 is 8.25 Å². The van der Waals surface area contributed by atoms with E-state index in [4.69, 9.17) is 30.3 Å². The van der Waals surface area contributed by atoms with Crippen molar-refractivity contribution in [2.24, 2.45) is 5.73 Å². The summed E-state index contributed by atoms with van der Waals surface area (Å²) in [5.41, 5.74) is 6.24. The molecule has 0 aromatic heterocycles. The number of hydrogen-bond acceptors (Lipinski definition) is 4. The maximum atomic E-state index is 9.04. The zero-order valence-electron chi connectivity index (χ0n) is 7.92. The third-order valence-electron chi connectivity index (χ3n) is 1.47. The highest BCUT2D eigenvalue weighted by Crippen LogP contribution is 2.24. The maximum Gasteiger partial charge on any atom is 0.314 e. The molecular formula is C8H14NO5P. The summed E-state index contributed by atoms with van der Waals surface area (Å²) in [6.07, 6.45) is 0.716. The second kappa shape index (κ2) is 7.25. The summed E-state index contributed by atoms with van der Waals surface area (Å²) in [5, 5.41) is 18.0. The molecule has 7 heteroatoms. The van der Waals surface area contributed by atoms with Crippen molar-refractivity contribution < 1.29 is 24.6 Å². The van der Waals surface area contributed by atoms with Crippen LogP contribution in [0.1, 0.15) is 5.56 Å². The van der Waals surface area contributed by atoms with Crippen molar-refractivity contribution in [1.82, 2.24) is 0 Å². The van der Waals surface area contributed by atoms with Gasteiger partial charge in [-0.2, -0.15) is 0 Å². The van der Waals surface area contributed by atoms with Gasteiger partial charge in [-0.1, -0.05) is 6.07 Å². The third-order valence-corrected chi connectivity index (χ3v) is 1.47. The zero-order valence-corrected chi connectivity index (χ0v) is 8.92. The van der Waals surface area contributed by atoms with E-state index in [0.29, 0.717) is 13.0 Å². The van der Waals surface area contributed by atoms with Gasteiger partial charge in [0, 0.05) is 0 Å². The summed E-state index contributed by atoms with van der Waals surface area (Å²) in [4.78, 5) is 14.3. The van der Waals surface area contributed by atoms with Crippen LogP contribution in [0.3, 0.4) is 0 Å². The molecule has 86 valence electrons. The molecule has 0 unspecified atom stereocenters. The van der Waals surface area contributed by atoms with Gasteiger partial charge in [0.05, 0.1) is 0 Å². The molecule has 0 aliphatic carbocycles. The van der Waals surface area contributed by atoms with Gasteiger partial charge in [-0.05, 0) is 30.7 Å². The largest absolute Gasteiger partial charge is 0.504 e. The van der Waals surface area contributed by atoms with Crippen LogP contribution in [-0.2, 0) is 11.0 Å². The van der Waals surface area contributed by atoms with E-state index >= 15 is 0 Å². The number of aromatic hydroxyl groups is 2. The lowest BCUT2D eigenvalue weighted by Gasteiger charge is -2.00. The molecule has 0 spiro atoms. The molecule has 0 atom stereocenters. The number of phenols is 2. The van der Waals surface area contributed by atoms with Crippen molar-refractivity contribution in [2.45, 2.75) is 6.42 Å². The van der Waals surface area contributed by atoms with E-state index in [1.165, 1.54) is 12.1 Å².